The van der Waals surface area contributed by atoms with Gasteiger partial charge in [0.2, 0.25) is 0 Å². The summed E-state index contributed by atoms with van der Waals surface area (Å²) >= 11 is 3.39. The molecule has 1 N–H and O–H groups in total. The summed E-state index contributed by atoms with van der Waals surface area (Å²) < 4.78 is 33.8. The number of anilines is 1. The predicted molar refractivity (Wildman–Crippen MR) is 91.5 cm³/mol. The topological polar surface area (TPSA) is 78.9 Å². The maximum Gasteiger partial charge on any atom is 0.323 e. The zero-order valence-electron chi connectivity index (χ0n) is 13.0. The molecule has 0 radical (unpaired) electrons. The van der Waals surface area contributed by atoms with E-state index in [9.17, 15) is 13.2 Å². The standard InChI is InChI=1S/C14H20BrN3O4S/c1-11(14(19)22-2)16-23(20,21)18-9-7-17(8-10-18)13-5-3-12(15)4-6-13/h3-6,11,16H,7-10H2,1-2H3/t11-/m1/s1. The smallest absolute Gasteiger partial charge is 0.323 e. The lowest BCUT2D eigenvalue weighted by atomic mass is 10.2. The third-order valence-corrected chi connectivity index (χ3v) is 5.88. The van der Waals surface area contributed by atoms with Crippen molar-refractivity contribution in [1.29, 1.82) is 0 Å². The van der Waals surface area contributed by atoms with Gasteiger partial charge in [-0.1, -0.05) is 15.9 Å². The summed E-state index contributed by atoms with van der Waals surface area (Å²) in [4.78, 5) is 13.5. The van der Waals surface area contributed by atoms with Gasteiger partial charge in [-0.2, -0.15) is 17.4 Å². The van der Waals surface area contributed by atoms with Crippen LogP contribution in [-0.2, 0) is 19.7 Å². The van der Waals surface area contributed by atoms with Crippen LogP contribution in [0.5, 0.6) is 0 Å². The highest BCUT2D eigenvalue weighted by Gasteiger charge is 2.30. The van der Waals surface area contributed by atoms with Crippen LogP contribution < -0.4 is 9.62 Å². The highest BCUT2D eigenvalue weighted by atomic mass is 79.9. The summed E-state index contributed by atoms with van der Waals surface area (Å²) in [7, 11) is -2.48. The van der Waals surface area contributed by atoms with Crippen LogP contribution in [0.15, 0.2) is 28.7 Å². The van der Waals surface area contributed by atoms with E-state index in [4.69, 9.17) is 0 Å². The lowest BCUT2D eigenvalue weighted by molar-refractivity contribution is -0.142. The maximum absolute atomic E-state index is 12.3. The molecule has 1 aromatic carbocycles. The zero-order chi connectivity index (χ0) is 17.0. The number of hydrogen-bond donors (Lipinski definition) is 1. The fourth-order valence-electron chi connectivity index (χ4n) is 2.36. The molecule has 128 valence electrons. The van der Waals surface area contributed by atoms with E-state index in [1.54, 1.807) is 0 Å². The Morgan fingerprint density at radius 1 is 1.22 bits per heavy atom. The average Bonchev–Trinajstić information content (AvgIpc) is 2.54. The van der Waals surface area contributed by atoms with E-state index in [2.05, 4.69) is 30.3 Å². The summed E-state index contributed by atoms with van der Waals surface area (Å²) in [6.45, 7) is 3.37. The van der Waals surface area contributed by atoms with Gasteiger partial charge in [-0.05, 0) is 31.2 Å². The van der Waals surface area contributed by atoms with Gasteiger partial charge < -0.3 is 9.64 Å². The first kappa shape index (κ1) is 18.2. The van der Waals surface area contributed by atoms with Crippen LogP contribution in [0, 0.1) is 0 Å². The minimum Gasteiger partial charge on any atom is -0.468 e. The number of rotatable bonds is 5. The largest absolute Gasteiger partial charge is 0.468 e. The molecular formula is C14H20BrN3O4S. The lowest BCUT2D eigenvalue weighted by Gasteiger charge is -2.35. The molecule has 2 rings (SSSR count). The van der Waals surface area contributed by atoms with Crippen molar-refractivity contribution >= 4 is 37.8 Å². The summed E-state index contributed by atoms with van der Waals surface area (Å²) in [6, 6.07) is 6.99. The number of methoxy groups -OCH3 is 1. The molecule has 0 unspecified atom stereocenters. The Labute approximate surface area is 144 Å². The molecule has 23 heavy (non-hydrogen) atoms. The molecule has 0 aromatic heterocycles. The second-order valence-electron chi connectivity index (χ2n) is 5.23. The van der Waals surface area contributed by atoms with Crippen molar-refractivity contribution in [3.05, 3.63) is 28.7 Å². The van der Waals surface area contributed by atoms with Crippen LogP contribution in [0.3, 0.4) is 0 Å². The van der Waals surface area contributed by atoms with Crippen LogP contribution in [0.25, 0.3) is 0 Å². The number of halogens is 1. The molecule has 0 amide bonds. The molecule has 0 saturated carbocycles. The minimum absolute atomic E-state index is 0.360. The Kier molecular flexibility index (Phi) is 6.01. The van der Waals surface area contributed by atoms with E-state index in [1.165, 1.54) is 18.3 Å². The average molecular weight is 406 g/mol. The number of benzene rings is 1. The maximum atomic E-state index is 12.3. The van der Waals surface area contributed by atoms with E-state index >= 15 is 0 Å². The van der Waals surface area contributed by atoms with Gasteiger partial charge in [-0.15, -0.1) is 0 Å². The molecule has 1 aliphatic rings. The minimum atomic E-state index is -3.70. The summed E-state index contributed by atoms with van der Waals surface area (Å²) in [6.07, 6.45) is 0. The SMILES string of the molecule is COC(=O)[C@@H](C)NS(=O)(=O)N1CCN(c2ccc(Br)cc2)CC1. The third-order valence-electron chi connectivity index (χ3n) is 3.65. The number of hydrogen-bond acceptors (Lipinski definition) is 5. The first-order chi connectivity index (χ1) is 10.8. The number of nitrogens with zero attached hydrogens (tertiary/aromatic N) is 2. The first-order valence-corrected chi connectivity index (χ1v) is 9.42. The van der Waals surface area contributed by atoms with Gasteiger partial charge >= 0.3 is 5.97 Å². The number of carbonyl (C=O) groups excluding carboxylic acids is 1. The van der Waals surface area contributed by atoms with Crippen LogP contribution >= 0.6 is 15.9 Å². The van der Waals surface area contributed by atoms with Crippen LogP contribution in [0.2, 0.25) is 0 Å². The number of piperazine rings is 1. The van der Waals surface area contributed by atoms with Crippen molar-refractivity contribution < 1.29 is 17.9 Å². The van der Waals surface area contributed by atoms with Crippen molar-refractivity contribution in [3.8, 4) is 0 Å². The fraction of sp³-hybridized carbons (Fsp3) is 0.500. The zero-order valence-corrected chi connectivity index (χ0v) is 15.4. The quantitative estimate of drug-likeness (QED) is 0.738. The van der Waals surface area contributed by atoms with Crippen molar-refractivity contribution in [2.45, 2.75) is 13.0 Å². The fourth-order valence-corrected chi connectivity index (χ4v) is 3.96. The number of nitrogens with one attached hydrogen (secondary N) is 1. The predicted octanol–water partition coefficient (Wildman–Crippen LogP) is 0.967. The highest BCUT2D eigenvalue weighted by molar-refractivity contribution is 9.10. The molecule has 1 atom stereocenters. The Morgan fingerprint density at radius 3 is 2.30 bits per heavy atom. The van der Waals surface area contributed by atoms with Gasteiger partial charge in [0.1, 0.15) is 6.04 Å². The highest BCUT2D eigenvalue weighted by Crippen LogP contribution is 2.20. The van der Waals surface area contributed by atoms with Crippen LogP contribution in [0.4, 0.5) is 5.69 Å². The number of ether oxygens (including phenoxy) is 1. The molecule has 0 bridgehead atoms. The normalized spacial score (nSPS) is 17.8. The number of carbonyl (C=O) groups is 1. The Balaban J connectivity index is 1.95. The van der Waals surface area contributed by atoms with Crippen LogP contribution in [0.1, 0.15) is 6.92 Å². The monoisotopic (exact) mass is 405 g/mol. The van der Waals surface area contributed by atoms with Crippen molar-refractivity contribution in [1.82, 2.24) is 9.03 Å². The molecule has 1 heterocycles. The molecular weight excluding hydrogens is 386 g/mol. The molecule has 0 spiro atoms. The molecule has 1 aliphatic heterocycles. The van der Waals surface area contributed by atoms with Crippen LogP contribution in [-0.4, -0.2) is 58.0 Å². The molecule has 1 fully saturated rings. The first-order valence-electron chi connectivity index (χ1n) is 7.19. The van der Waals surface area contributed by atoms with E-state index in [0.29, 0.717) is 26.2 Å². The molecule has 9 heteroatoms. The van der Waals surface area contributed by atoms with Crippen molar-refractivity contribution in [3.63, 3.8) is 0 Å². The summed E-state index contributed by atoms with van der Waals surface area (Å²) in [5, 5.41) is 0. The van der Waals surface area contributed by atoms with Gasteiger partial charge in [-0.25, -0.2) is 0 Å². The summed E-state index contributed by atoms with van der Waals surface area (Å²) in [5.41, 5.74) is 1.06. The lowest BCUT2D eigenvalue weighted by Crippen LogP contribution is -2.54. The van der Waals surface area contributed by atoms with E-state index in [1.807, 2.05) is 24.3 Å². The Morgan fingerprint density at radius 2 is 1.78 bits per heavy atom. The van der Waals surface area contributed by atoms with E-state index < -0.39 is 22.2 Å². The van der Waals surface area contributed by atoms with Crippen molar-refractivity contribution in [2.75, 3.05) is 38.2 Å². The second-order valence-corrected chi connectivity index (χ2v) is 7.85. The van der Waals surface area contributed by atoms with Gasteiger partial charge in [0, 0.05) is 36.3 Å². The summed E-state index contributed by atoms with van der Waals surface area (Å²) in [5.74, 6) is -0.609. The third kappa shape index (κ3) is 4.66. The van der Waals surface area contributed by atoms with Crippen molar-refractivity contribution in [2.24, 2.45) is 0 Å². The molecule has 1 saturated heterocycles. The van der Waals surface area contributed by atoms with Gasteiger partial charge in [0.05, 0.1) is 7.11 Å². The molecule has 7 nitrogen and oxygen atoms in total. The number of esters is 1. The molecule has 0 aliphatic carbocycles. The van der Waals surface area contributed by atoms with Gasteiger partial charge in [-0.3, -0.25) is 4.79 Å². The second kappa shape index (κ2) is 7.61. The Hall–Kier alpha value is -1.16. The Bertz CT molecular complexity index is 642. The molecule has 1 aromatic rings. The van der Waals surface area contributed by atoms with E-state index in [-0.39, 0.29) is 0 Å². The van der Waals surface area contributed by atoms with Gasteiger partial charge in [0.15, 0.2) is 0 Å². The van der Waals surface area contributed by atoms with Gasteiger partial charge in [0.25, 0.3) is 10.2 Å². The van der Waals surface area contributed by atoms with E-state index in [0.717, 1.165) is 10.2 Å².